The summed E-state index contributed by atoms with van der Waals surface area (Å²) in [4.78, 5) is 45.1. The molecular weight excluding hydrogens is 599 g/mol. The summed E-state index contributed by atoms with van der Waals surface area (Å²) in [6.45, 7) is 0.382. The number of carbonyl (C=O) groups excluding carboxylic acids is 2. The molecule has 0 unspecified atom stereocenters. The van der Waals surface area contributed by atoms with E-state index in [1.807, 2.05) is 40.8 Å². The van der Waals surface area contributed by atoms with Gasteiger partial charge in [0.05, 0.1) is 47.8 Å². The number of halogens is 2. The molecule has 1 aliphatic heterocycles. The zero-order valence-corrected chi connectivity index (χ0v) is 25.4. The van der Waals surface area contributed by atoms with E-state index in [0.717, 1.165) is 33.6 Å². The van der Waals surface area contributed by atoms with Gasteiger partial charge in [0.1, 0.15) is 5.01 Å². The quantitative estimate of drug-likeness (QED) is 0.218. The fourth-order valence-electron chi connectivity index (χ4n) is 5.47. The molecule has 0 spiro atoms. The number of carbonyl (C=O) groups is 3. The summed E-state index contributed by atoms with van der Waals surface area (Å²) in [6.07, 6.45) is 5.36. The number of aryl methyl sites for hydroxylation is 2. The molecule has 0 radical (unpaired) electrons. The van der Waals surface area contributed by atoms with E-state index in [1.165, 1.54) is 11.3 Å². The number of benzene rings is 2. The predicted octanol–water partition coefficient (Wildman–Crippen LogP) is 6.13. The van der Waals surface area contributed by atoms with E-state index in [9.17, 15) is 14.4 Å². The number of ether oxygens (including phenoxy) is 1. The lowest BCUT2D eigenvalue weighted by Crippen LogP contribution is -2.40. The van der Waals surface area contributed by atoms with Crippen LogP contribution in [0, 0.1) is 0 Å². The summed E-state index contributed by atoms with van der Waals surface area (Å²) >= 11 is 14.6. The monoisotopic (exact) mass is 628 g/mol. The van der Waals surface area contributed by atoms with Gasteiger partial charge in [0, 0.05) is 47.4 Å². The molecule has 0 aliphatic carbocycles. The Kier molecular flexibility index (Phi) is 9.17. The lowest BCUT2D eigenvalue weighted by atomic mass is 10.1. The van der Waals surface area contributed by atoms with E-state index in [-0.39, 0.29) is 41.8 Å². The molecule has 2 amide bonds. The third-order valence-electron chi connectivity index (χ3n) is 7.46. The van der Waals surface area contributed by atoms with Crippen LogP contribution in [0.4, 0.5) is 5.69 Å². The van der Waals surface area contributed by atoms with Crippen molar-refractivity contribution < 1.29 is 24.2 Å². The highest BCUT2D eigenvalue weighted by Crippen LogP contribution is 2.39. The van der Waals surface area contributed by atoms with Crippen molar-refractivity contribution in [2.75, 3.05) is 19.0 Å². The maximum atomic E-state index is 13.7. The van der Waals surface area contributed by atoms with Crippen LogP contribution >= 0.6 is 34.5 Å². The van der Waals surface area contributed by atoms with Gasteiger partial charge in [0.25, 0.3) is 5.91 Å². The van der Waals surface area contributed by atoms with Crippen molar-refractivity contribution in [2.45, 2.75) is 44.2 Å². The molecule has 1 saturated heterocycles. The number of fused-ring (bicyclic) bond motifs is 1. The Bertz CT molecular complexity index is 1650. The second-order valence-electron chi connectivity index (χ2n) is 10.3. The van der Waals surface area contributed by atoms with Crippen molar-refractivity contribution in [1.82, 2.24) is 14.5 Å². The Balaban J connectivity index is 1.33. The third kappa shape index (κ3) is 6.32. The molecule has 2 atom stereocenters. The molecular formula is C30H30Cl2N4O5S. The Morgan fingerprint density at radius 3 is 2.71 bits per heavy atom. The van der Waals surface area contributed by atoms with Gasteiger partial charge < -0.3 is 24.6 Å². The van der Waals surface area contributed by atoms with Gasteiger partial charge in [-0.3, -0.25) is 14.4 Å². The highest BCUT2D eigenvalue weighted by Gasteiger charge is 2.39. The molecule has 9 nitrogen and oxygen atoms in total. The number of hydrogen-bond donors (Lipinski definition) is 2. The van der Waals surface area contributed by atoms with Crippen LogP contribution in [-0.2, 0) is 34.2 Å². The van der Waals surface area contributed by atoms with E-state index < -0.39 is 5.97 Å². The molecule has 1 aliphatic rings. The van der Waals surface area contributed by atoms with Crippen molar-refractivity contribution >= 4 is 68.9 Å². The summed E-state index contributed by atoms with van der Waals surface area (Å²) in [5, 5.41) is 14.0. The molecule has 220 valence electrons. The average molecular weight is 630 g/mol. The molecule has 2 N–H and O–H groups in total. The summed E-state index contributed by atoms with van der Waals surface area (Å²) in [5.41, 5.74) is 2.33. The molecule has 42 heavy (non-hydrogen) atoms. The standard InChI is InChI=1S/C30H30Cl2N4O5S/c1-35-15-21(20-5-3-4-6-25(20)35)29(40)34-24-13-22(31)17(11-23(24)32)12-27(37)36-18(16-41-2)7-9-26(36)30-33-14-19(42-30)8-10-28(38)39/h3-6,11,13-15,18,26H,7-10,12,16H2,1-2H3,(H,34,40)(H,38,39)/t18-,26-/m0/s1. The maximum Gasteiger partial charge on any atom is 0.303 e. The minimum atomic E-state index is -0.863. The van der Waals surface area contributed by atoms with Crippen LogP contribution in [0.3, 0.4) is 0 Å². The van der Waals surface area contributed by atoms with Gasteiger partial charge >= 0.3 is 5.97 Å². The molecule has 0 bridgehead atoms. The van der Waals surface area contributed by atoms with Crippen LogP contribution in [0.15, 0.2) is 48.8 Å². The van der Waals surface area contributed by atoms with Gasteiger partial charge in [0.15, 0.2) is 0 Å². The first kappa shape index (κ1) is 30.0. The van der Waals surface area contributed by atoms with Crippen molar-refractivity contribution in [3.63, 3.8) is 0 Å². The second-order valence-corrected chi connectivity index (χ2v) is 12.2. The minimum absolute atomic E-state index is 0.00403. The number of aliphatic carboxylic acids is 1. The Hall–Kier alpha value is -3.44. The maximum absolute atomic E-state index is 13.7. The molecule has 4 aromatic rings. The first-order valence-electron chi connectivity index (χ1n) is 13.5. The number of hydrogen-bond acceptors (Lipinski definition) is 6. The lowest BCUT2D eigenvalue weighted by Gasteiger charge is -2.29. The molecule has 2 aromatic heterocycles. The highest BCUT2D eigenvalue weighted by molar-refractivity contribution is 7.11. The summed E-state index contributed by atoms with van der Waals surface area (Å²) in [6, 6.07) is 10.4. The number of amides is 2. The van der Waals surface area contributed by atoms with Gasteiger partial charge in [-0.25, -0.2) is 4.98 Å². The van der Waals surface area contributed by atoms with Gasteiger partial charge in [0.2, 0.25) is 5.91 Å². The van der Waals surface area contributed by atoms with Crippen LogP contribution in [0.1, 0.15) is 51.1 Å². The van der Waals surface area contributed by atoms with Crippen molar-refractivity contribution in [3.8, 4) is 0 Å². The molecule has 1 fully saturated rings. The fraction of sp³-hybridized carbons (Fsp3) is 0.333. The van der Waals surface area contributed by atoms with Crippen molar-refractivity contribution in [2.24, 2.45) is 7.05 Å². The second kappa shape index (κ2) is 12.8. The molecule has 3 heterocycles. The number of aromatic nitrogens is 2. The predicted molar refractivity (Wildman–Crippen MR) is 164 cm³/mol. The van der Waals surface area contributed by atoms with E-state index in [0.29, 0.717) is 34.9 Å². The number of methoxy groups -OCH3 is 1. The van der Waals surface area contributed by atoms with Crippen molar-refractivity contribution in [3.05, 3.63) is 79.8 Å². The largest absolute Gasteiger partial charge is 0.481 e. The fourth-order valence-corrected chi connectivity index (χ4v) is 6.98. The number of thiazole rings is 1. The van der Waals surface area contributed by atoms with Crippen molar-refractivity contribution in [1.29, 1.82) is 0 Å². The first-order chi connectivity index (χ1) is 20.2. The SMILES string of the molecule is COC[C@@H]1CC[C@@H](c2ncc(CCC(=O)O)s2)N1C(=O)Cc1cc(Cl)c(NC(=O)c2cn(C)c3ccccc23)cc1Cl. The Morgan fingerprint density at radius 2 is 1.95 bits per heavy atom. The summed E-state index contributed by atoms with van der Waals surface area (Å²) in [5.74, 6) is -1.33. The van der Waals surface area contributed by atoms with Gasteiger partial charge in [-0.2, -0.15) is 0 Å². The highest BCUT2D eigenvalue weighted by atomic mass is 35.5. The van der Waals surface area contributed by atoms with Crippen LogP contribution < -0.4 is 5.32 Å². The Morgan fingerprint density at radius 1 is 1.17 bits per heavy atom. The van der Waals surface area contributed by atoms with E-state index >= 15 is 0 Å². The average Bonchev–Trinajstić information content (AvgIpc) is 3.68. The van der Waals surface area contributed by atoms with Gasteiger partial charge in [-0.05, 0) is 43.0 Å². The van der Waals surface area contributed by atoms with Crippen LogP contribution in [0.5, 0.6) is 0 Å². The summed E-state index contributed by atoms with van der Waals surface area (Å²) < 4.78 is 7.29. The first-order valence-corrected chi connectivity index (χ1v) is 15.0. The normalized spacial score (nSPS) is 16.7. The zero-order chi connectivity index (χ0) is 30.0. The van der Waals surface area contributed by atoms with Crippen LogP contribution in [0.25, 0.3) is 10.9 Å². The zero-order valence-electron chi connectivity index (χ0n) is 23.1. The third-order valence-corrected chi connectivity index (χ3v) is 9.28. The topological polar surface area (TPSA) is 114 Å². The number of rotatable bonds is 10. The number of anilines is 1. The molecule has 5 rings (SSSR count). The Labute approximate surface area is 257 Å². The van der Waals surface area contributed by atoms with Crippen LogP contribution in [0.2, 0.25) is 10.0 Å². The number of likely N-dealkylation sites (tertiary alicyclic amines) is 1. The smallest absolute Gasteiger partial charge is 0.303 e. The molecule has 2 aromatic carbocycles. The minimum Gasteiger partial charge on any atom is -0.481 e. The van der Waals surface area contributed by atoms with Crippen LogP contribution in [-0.4, -0.2) is 57.1 Å². The number of para-hydroxylation sites is 1. The van der Waals surface area contributed by atoms with E-state index in [2.05, 4.69) is 10.3 Å². The lowest BCUT2D eigenvalue weighted by molar-refractivity contribution is -0.137. The number of nitrogens with zero attached hydrogens (tertiary/aromatic N) is 3. The van der Waals surface area contributed by atoms with Gasteiger partial charge in [-0.1, -0.05) is 41.4 Å². The molecule has 12 heteroatoms. The number of nitrogens with one attached hydrogen (secondary N) is 1. The molecule has 0 saturated carbocycles. The summed E-state index contributed by atoms with van der Waals surface area (Å²) in [7, 11) is 3.48. The van der Waals surface area contributed by atoms with Gasteiger partial charge in [-0.15, -0.1) is 11.3 Å². The van der Waals surface area contributed by atoms with E-state index in [1.54, 1.807) is 31.6 Å². The van der Waals surface area contributed by atoms with E-state index in [4.69, 9.17) is 33.0 Å². The number of carboxylic acid groups (broad SMARTS) is 1. The number of carboxylic acids is 1.